The third-order valence-electron chi connectivity index (χ3n) is 1.84. The molecule has 0 aliphatic carbocycles. The molecule has 0 aliphatic heterocycles. The molecule has 2 heterocycles. The number of nitrogens with one attached hydrogen (secondary N) is 1. The molecule has 1 N–H and O–H groups in total. The second-order valence-corrected chi connectivity index (χ2v) is 2.71. The molecule has 7 nitrogen and oxygen atoms in total. The second kappa shape index (κ2) is 2.95. The zero-order chi connectivity index (χ0) is 10.1. The van der Waals surface area contributed by atoms with E-state index in [1.165, 1.54) is 12.4 Å². The summed E-state index contributed by atoms with van der Waals surface area (Å²) in [7, 11) is 0. The normalized spacial score (nSPS) is 10.4. The Morgan fingerprint density at radius 3 is 3.07 bits per heavy atom. The second-order valence-electron chi connectivity index (χ2n) is 2.71. The van der Waals surface area contributed by atoms with Gasteiger partial charge in [-0.3, -0.25) is 19.4 Å². The maximum Gasteiger partial charge on any atom is 0.274 e. The molecule has 0 bridgehead atoms. The Hall–Kier alpha value is -2.18. The summed E-state index contributed by atoms with van der Waals surface area (Å²) in [5.74, 6) is 0.280. The Bertz CT molecular complexity index is 540. The average Bonchev–Trinajstić information content (AvgIpc) is 2.60. The maximum atomic E-state index is 11.4. The third-order valence-corrected chi connectivity index (χ3v) is 1.84. The lowest BCUT2D eigenvalue weighted by molar-refractivity contribution is -0.106. The Labute approximate surface area is 78.0 Å². The van der Waals surface area contributed by atoms with E-state index in [4.69, 9.17) is 0 Å². The largest absolute Gasteiger partial charge is 0.277 e. The van der Waals surface area contributed by atoms with Crippen LogP contribution in [-0.4, -0.2) is 25.7 Å². The van der Waals surface area contributed by atoms with Gasteiger partial charge in [-0.25, -0.2) is 0 Å². The molecule has 1 amide bonds. The van der Waals surface area contributed by atoms with Gasteiger partial charge in [-0.05, 0) is 6.92 Å². The molecule has 7 heteroatoms. The fourth-order valence-electron chi connectivity index (χ4n) is 1.22. The van der Waals surface area contributed by atoms with E-state index < -0.39 is 0 Å². The molecular weight excluding hydrogens is 186 g/mol. The fourth-order valence-corrected chi connectivity index (χ4v) is 1.22. The van der Waals surface area contributed by atoms with Crippen molar-refractivity contribution in [2.45, 2.75) is 6.92 Å². The van der Waals surface area contributed by atoms with Crippen molar-refractivity contribution in [3.8, 4) is 0 Å². The Morgan fingerprint density at radius 1 is 1.57 bits per heavy atom. The standard InChI is InChI=1S/C7H7N5O2/c1-5-2-6(14)12(9-4-13)7-10-8-3-11(5)7/h2-4H,1H3,(H,9,13). The number of carbonyl (C=O) groups is 1. The van der Waals surface area contributed by atoms with Crippen molar-refractivity contribution in [2.24, 2.45) is 0 Å². The Kier molecular flexibility index (Phi) is 1.77. The summed E-state index contributed by atoms with van der Waals surface area (Å²) < 4.78 is 2.62. The van der Waals surface area contributed by atoms with Crippen molar-refractivity contribution in [3.63, 3.8) is 0 Å². The smallest absolute Gasteiger partial charge is 0.274 e. The van der Waals surface area contributed by atoms with Crippen LogP contribution in [0.4, 0.5) is 0 Å². The van der Waals surface area contributed by atoms with Gasteiger partial charge in [0.15, 0.2) is 0 Å². The first-order chi connectivity index (χ1) is 6.74. The molecule has 0 saturated carbocycles. The number of nitrogens with zero attached hydrogens (tertiary/aromatic N) is 4. The zero-order valence-electron chi connectivity index (χ0n) is 7.34. The van der Waals surface area contributed by atoms with E-state index >= 15 is 0 Å². The molecule has 2 rings (SSSR count). The summed E-state index contributed by atoms with van der Waals surface area (Å²) >= 11 is 0. The van der Waals surface area contributed by atoms with Crippen molar-refractivity contribution in [3.05, 3.63) is 28.4 Å². The first-order valence-corrected chi connectivity index (χ1v) is 3.86. The highest BCUT2D eigenvalue weighted by Crippen LogP contribution is 1.97. The molecule has 0 spiro atoms. The van der Waals surface area contributed by atoms with Crippen LogP contribution in [0.15, 0.2) is 17.2 Å². The van der Waals surface area contributed by atoms with Gasteiger partial charge >= 0.3 is 0 Å². The lowest BCUT2D eigenvalue weighted by Crippen LogP contribution is -2.30. The molecule has 0 unspecified atom stereocenters. The highest BCUT2D eigenvalue weighted by molar-refractivity contribution is 5.58. The van der Waals surface area contributed by atoms with E-state index in [2.05, 4.69) is 15.6 Å². The van der Waals surface area contributed by atoms with Crippen LogP contribution < -0.4 is 11.0 Å². The monoisotopic (exact) mass is 193 g/mol. The number of hydrogen-bond acceptors (Lipinski definition) is 4. The maximum absolute atomic E-state index is 11.4. The van der Waals surface area contributed by atoms with E-state index in [1.807, 2.05) is 0 Å². The van der Waals surface area contributed by atoms with Crippen molar-refractivity contribution >= 4 is 12.2 Å². The summed E-state index contributed by atoms with van der Waals surface area (Å²) in [6.45, 7) is 1.75. The van der Waals surface area contributed by atoms with E-state index in [0.717, 1.165) is 4.68 Å². The van der Waals surface area contributed by atoms with E-state index in [-0.39, 0.29) is 11.3 Å². The molecule has 0 saturated heterocycles. The average molecular weight is 193 g/mol. The molecule has 0 radical (unpaired) electrons. The van der Waals surface area contributed by atoms with Crippen LogP contribution in [0.5, 0.6) is 0 Å². The fraction of sp³-hybridized carbons (Fsp3) is 0.143. The predicted octanol–water partition coefficient (Wildman–Crippen LogP) is -1.10. The van der Waals surface area contributed by atoms with Gasteiger partial charge in [0.1, 0.15) is 6.33 Å². The molecule has 2 aromatic heterocycles. The molecule has 0 atom stereocenters. The highest BCUT2D eigenvalue weighted by Gasteiger charge is 2.06. The van der Waals surface area contributed by atoms with Crippen LogP contribution in [-0.2, 0) is 4.79 Å². The number of aryl methyl sites for hydroxylation is 1. The molecule has 0 aliphatic rings. The van der Waals surface area contributed by atoms with Gasteiger partial charge in [0, 0.05) is 11.8 Å². The van der Waals surface area contributed by atoms with E-state index in [9.17, 15) is 9.59 Å². The summed E-state index contributed by atoms with van der Waals surface area (Å²) in [4.78, 5) is 21.7. The molecular formula is C7H7N5O2. The topological polar surface area (TPSA) is 81.3 Å². The minimum absolute atomic E-state index is 0.280. The van der Waals surface area contributed by atoms with Crippen LogP contribution in [0.3, 0.4) is 0 Å². The van der Waals surface area contributed by atoms with Gasteiger partial charge in [0.2, 0.25) is 6.41 Å². The summed E-state index contributed by atoms with van der Waals surface area (Å²) in [5.41, 5.74) is 2.59. The van der Waals surface area contributed by atoms with Gasteiger partial charge < -0.3 is 0 Å². The third kappa shape index (κ3) is 1.06. The van der Waals surface area contributed by atoms with Crippen LogP contribution in [0.2, 0.25) is 0 Å². The summed E-state index contributed by atoms with van der Waals surface area (Å²) in [6, 6.07) is 1.38. The summed E-state index contributed by atoms with van der Waals surface area (Å²) in [5, 5.41) is 7.36. The zero-order valence-corrected chi connectivity index (χ0v) is 7.34. The Morgan fingerprint density at radius 2 is 2.36 bits per heavy atom. The van der Waals surface area contributed by atoms with Gasteiger partial charge in [-0.1, -0.05) is 0 Å². The van der Waals surface area contributed by atoms with Gasteiger partial charge in [-0.2, -0.15) is 4.68 Å². The molecule has 14 heavy (non-hydrogen) atoms. The van der Waals surface area contributed by atoms with E-state index in [1.54, 1.807) is 11.3 Å². The van der Waals surface area contributed by atoms with Crippen LogP contribution in [0.25, 0.3) is 5.78 Å². The van der Waals surface area contributed by atoms with E-state index in [0.29, 0.717) is 12.1 Å². The van der Waals surface area contributed by atoms with Crippen molar-refractivity contribution in [1.82, 2.24) is 19.3 Å². The van der Waals surface area contributed by atoms with Crippen LogP contribution in [0.1, 0.15) is 5.69 Å². The SMILES string of the molecule is Cc1cc(=O)n(NC=O)c2nncn12. The van der Waals surface area contributed by atoms with Gasteiger partial charge in [0.25, 0.3) is 11.3 Å². The minimum atomic E-state index is -0.352. The van der Waals surface area contributed by atoms with Crippen molar-refractivity contribution in [2.75, 3.05) is 5.43 Å². The first-order valence-electron chi connectivity index (χ1n) is 3.86. The van der Waals surface area contributed by atoms with Crippen LogP contribution in [0, 0.1) is 6.92 Å². The van der Waals surface area contributed by atoms with Gasteiger partial charge in [0.05, 0.1) is 0 Å². The Balaban J connectivity index is 2.86. The number of hydrogen-bond donors (Lipinski definition) is 1. The number of carbonyl (C=O) groups excluding carboxylic acids is 1. The van der Waals surface area contributed by atoms with Gasteiger partial charge in [-0.15, -0.1) is 10.2 Å². The quantitative estimate of drug-likeness (QED) is 0.614. The number of aromatic nitrogens is 4. The lowest BCUT2D eigenvalue weighted by Gasteiger charge is -2.05. The summed E-state index contributed by atoms with van der Waals surface area (Å²) in [6.07, 6.45) is 1.87. The number of rotatable bonds is 2. The highest BCUT2D eigenvalue weighted by atomic mass is 16.2. The molecule has 72 valence electrons. The van der Waals surface area contributed by atoms with Crippen LogP contribution >= 0.6 is 0 Å². The first kappa shape index (κ1) is 8.42. The number of amides is 1. The number of fused-ring (bicyclic) bond motifs is 1. The molecule has 0 aromatic carbocycles. The lowest BCUT2D eigenvalue weighted by atomic mass is 10.4. The molecule has 2 aromatic rings. The predicted molar refractivity (Wildman–Crippen MR) is 47.4 cm³/mol. The van der Waals surface area contributed by atoms with Crippen molar-refractivity contribution < 1.29 is 4.79 Å². The minimum Gasteiger partial charge on any atom is -0.277 e. The van der Waals surface area contributed by atoms with Crippen molar-refractivity contribution in [1.29, 1.82) is 0 Å². The molecule has 0 fully saturated rings.